The molecule has 3 atom stereocenters. The Hall–Kier alpha value is -1.48. The molecule has 1 aliphatic rings. The number of imidazole rings is 1. The van der Waals surface area contributed by atoms with Crippen LogP contribution in [0.2, 0.25) is 0 Å². The van der Waals surface area contributed by atoms with E-state index in [1.54, 1.807) is 4.57 Å². The van der Waals surface area contributed by atoms with Gasteiger partial charge >= 0.3 is 0 Å². The second-order valence-corrected chi connectivity index (χ2v) is 4.71. The molecule has 9 heteroatoms. The average molecular weight is 286 g/mol. The highest BCUT2D eigenvalue weighted by atomic mass is 35.5. The second kappa shape index (κ2) is 4.57. The van der Waals surface area contributed by atoms with Crippen molar-refractivity contribution in [2.75, 3.05) is 6.61 Å². The Balaban J connectivity index is 2.03. The van der Waals surface area contributed by atoms with E-state index in [4.69, 9.17) is 27.0 Å². The molecule has 3 heterocycles. The second-order valence-electron chi connectivity index (χ2n) is 4.34. The van der Waals surface area contributed by atoms with Gasteiger partial charge in [-0.3, -0.25) is 9.98 Å². The molecule has 0 radical (unpaired) electrons. The van der Waals surface area contributed by atoms with Gasteiger partial charge < -0.3 is 14.9 Å². The number of aliphatic hydroxyl groups is 2. The van der Waals surface area contributed by atoms with E-state index in [0.29, 0.717) is 17.6 Å². The molecule has 102 valence electrons. The monoisotopic (exact) mass is 285 g/mol. The predicted octanol–water partition coefficient (Wildman–Crippen LogP) is -0.645. The lowest BCUT2D eigenvalue weighted by Crippen LogP contribution is -2.24. The van der Waals surface area contributed by atoms with Gasteiger partial charge in [-0.1, -0.05) is 0 Å². The molecule has 8 nitrogen and oxygen atoms in total. The van der Waals surface area contributed by atoms with Gasteiger partial charge in [0.25, 0.3) is 0 Å². The van der Waals surface area contributed by atoms with Crippen molar-refractivity contribution in [1.29, 1.82) is 5.41 Å². The Kier molecular flexibility index (Phi) is 3.02. The van der Waals surface area contributed by atoms with Gasteiger partial charge in [0.1, 0.15) is 18.7 Å². The Morgan fingerprint density at radius 2 is 2.26 bits per heavy atom. The van der Waals surface area contributed by atoms with E-state index in [2.05, 4.69) is 9.97 Å². The summed E-state index contributed by atoms with van der Waals surface area (Å²) in [6.07, 6.45) is 1.32. The summed E-state index contributed by atoms with van der Waals surface area (Å²) in [4.78, 5) is 8.19. The van der Waals surface area contributed by atoms with E-state index in [1.807, 2.05) is 0 Å². The van der Waals surface area contributed by atoms with Crippen LogP contribution in [-0.2, 0) is 4.74 Å². The van der Waals surface area contributed by atoms with Gasteiger partial charge in [0.05, 0.1) is 19.0 Å². The highest BCUT2D eigenvalue weighted by Gasteiger charge is 2.35. The van der Waals surface area contributed by atoms with Gasteiger partial charge in [-0.15, -0.1) is 0 Å². The molecule has 1 fully saturated rings. The van der Waals surface area contributed by atoms with Crippen LogP contribution in [-0.4, -0.2) is 47.6 Å². The lowest BCUT2D eigenvalue weighted by atomic mass is 10.2. The predicted molar refractivity (Wildman–Crippen MR) is 64.2 cm³/mol. The molecule has 0 aliphatic carbocycles. The van der Waals surface area contributed by atoms with Gasteiger partial charge in [0.15, 0.2) is 16.7 Å². The van der Waals surface area contributed by atoms with Crippen molar-refractivity contribution in [3.05, 3.63) is 18.1 Å². The van der Waals surface area contributed by atoms with Crippen LogP contribution in [0.1, 0.15) is 12.6 Å². The van der Waals surface area contributed by atoms with Crippen molar-refractivity contribution in [3.63, 3.8) is 0 Å². The van der Waals surface area contributed by atoms with Crippen LogP contribution in [0.4, 0.5) is 0 Å². The van der Waals surface area contributed by atoms with Crippen molar-refractivity contribution < 1.29 is 14.9 Å². The Morgan fingerprint density at radius 3 is 2.95 bits per heavy atom. The number of hydrogen-bond acceptors (Lipinski definition) is 6. The van der Waals surface area contributed by atoms with Crippen molar-refractivity contribution in [1.82, 2.24) is 18.6 Å². The number of nitrogens with zero attached hydrogens (tertiary/aromatic N) is 4. The molecule has 2 aromatic heterocycles. The zero-order chi connectivity index (χ0) is 13.6. The number of halogens is 1. The number of hydrogen-bond donors (Lipinski definition) is 3. The molecule has 0 unspecified atom stereocenters. The van der Waals surface area contributed by atoms with E-state index in [1.165, 1.54) is 12.7 Å². The van der Waals surface area contributed by atoms with Crippen LogP contribution >= 0.6 is 11.8 Å². The first-order valence-corrected chi connectivity index (χ1v) is 6.05. The zero-order valence-electron chi connectivity index (χ0n) is 9.77. The average Bonchev–Trinajstić information content (AvgIpc) is 2.97. The van der Waals surface area contributed by atoms with Gasteiger partial charge in [-0.2, -0.15) is 0 Å². The molecule has 1 aliphatic heterocycles. The number of nitrogens with one attached hydrogen (secondary N) is 1. The summed E-state index contributed by atoms with van der Waals surface area (Å²) in [7, 11) is 0. The lowest BCUT2D eigenvalue weighted by molar-refractivity contribution is -0.0432. The number of aliphatic hydroxyl groups excluding tert-OH is 2. The fourth-order valence-electron chi connectivity index (χ4n) is 2.17. The summed E-state index contributed by atoms with van der Waals surface area (Å²) < 4.78 is 8.20. The standard InChI is InChI=1S/C10H12ClN5O3/c11-16-4-14-10-8(9(16)12)13-3-15(10)7-1-5(18)6(2-17)19-7/h3-7,12,17-18H,1-2H2/t5-,6+,7+/m0/s1. The summed E-state index contributed by atoms with van der Waals surface area (Å²) >= 11 is 5.74. The van der Waals surface area contributed by atoms with Gasteiger partial charge in [-0.25, -0.2) is 14.1 Å². The SMILES string of the molecule is N=c1c2ncn([C@H]3C[C@H](O)[C@@H](CO)O3)c2ncn1Cl. The van der Waals surface area contributed by atoms with Gasteiger partial charge in [-0.05, 0) is 0 Å². The van der Waals surface area contributed by atoms with Crippen LogP contribution in [0.15, 0.2) is 12.7 Å². The Bertz CT molecular complexity index is 669. The molecule has 0 bridgehead atoms. The highest BCUT2D eigenvalue weighted by molar-refractivity contribution is 6.15. The third kappa shape index (κ3) is 1.93. The minimum Gasteiger partial charge on any atom is -0.394 e. The van der Waals surface area contributed by atoms with E-state index < -0.39 is 18.4 Å². The van der Waals surface area contributed by atoms with Crippen LogP contribution in [0, 0.1) is 5.41 Å². The van der Waals surface area contributed by atoms with E-state index >= 15 is 0 Å². The normalized spacial score (nSPS) is 27.2. The quantitative estimate of drug-likeness (QED) is 0.680. The molecule has 0 aromatic carbocycles. The number of aromatic nitrogens is 4. The Labute approximate surface area is 112 Å². The highest BCUT2D eigenvalue weighted by Crippen LogP contribution is 2.29. The Morgan fingerprint density at radius 1 is 1.47 bits per heavy atom. The molecule has 0 spiro atoms. The van der Waals surface area contributed by atoms with Crippen molar-refractivity contribution in [2.24, 2.45) is 0 Å². The van der Waals surface area contributed by atoms with E-state index in [9.17, 15) is 5.11 Å². The van der Waals surface area contributed by atoms with Crippen LogP contribution in [0.5, 0.6) is 0 Å². The lowest BCUT2D eigenvalue weighted by Gasteiger charge is -2.13. The molecular formula is C10H12ClN5O3. The van der Waals surface area contributed by atoms with Crippen molar-refractivity contribution in [3.8, 4) is 0 Å². The van der Waals surface area contributed by atoms with Crippen molar-refractivity contribution in [2.45, 2.75) is 24.9 Å². The van der Waals surface area contributed by atoms with Gasteiger partial charge in [0.2, 0.25) is 0 Å². The number of ether oxygens (including phenoxy) is 1. The third-order valence-electron chi connectivity index (χ3n) is 3.18. The molecule has 3 N–H and O–H groups in total. The summed E-state index contributed by atoms with van der Waals surface area (Å²) in [5.41, 5.74) is 0.836. The van der Waals surface area contributed by atoms with Crippen LogP contribution in [0.25, 0.3) is 11.2 Å². The summed E-state index contributed by atoms with van der Waals surface area (Å²) in [6.45, 7) is -0.247. The number of fused-ring (bicyclic) bond motifs is 1. The molecule has 0 saturated carbocycles. The fraction of sp³-hybridized carbons (Fsp3) is 0.500. The van der Waals surface area contributed by atoms with E-state index in [0.717, 1.165) is 4.09 Å². The zero-order valence-corrected chi connectivity index (χ0v) is 10.5. The maximum absolute atomic E-state index is 9.73. The largest absolute Gasteiger partial charge is 0.394 e. The minimum atomic E-state index is -0.732. The van der Waals surface area contributed by atoms with Gasteiger partial charge in [0, 0.05) is 18.2 Å². The molecule has 0 amide bonds. The first-order valence-electron chi connectivity index (χ1n) is 5.71. The number of rotatable bonds is 2. The summed E-state index contributed by atoms with van der Waals surface area (Å²) in [5, 5.41) is 26.6. The topological polar surface area (TPSA) is 109 Å². The third-order valence-corrected chi connectivity index (χ3v) is 3.44. The summed E-state index contributed by atoms with van der Waals surface area (Å²) in [6, 6.07) is 0. The fourth-order valence-corrected chi connectivity index (χ4v) is 2.30. The van der Waals surface area contributed by atoms with E-state index in [-0.39, 0.29) is 12.1 Å². The molecular weight excluding hydrogens is 274 g/mol. The molecule has 2 aromatic rings. The van der Waals surface area contributed by atoms with Crippen LogP contribution in [0.3, 0.4) is 0 Å². The molecule has 1 saturated heterocycles. The molecule has 19 heavy (non-hydrogen) atoms. The maximum Gasteiger partial charge on any atom is 0.171 e. The summed E-state index contributed by atoms with van der Waals surface area (Å²) in [5.74, 6) is 0. The minimum absolute atomic E-state index is 0.0303. The first-order chi connectivity index (χ1) is 9.11. The maximum atomic E-state index is 9.73. The smallest absolute Gasteiger partial charge is 0.171 e. The van der Waals surface area contributed by atoms with Crippen LogP contribution < -0.4 is 5.49 Å². The van der Waals surface area contributed by atoms with Crippen molar-refractivity contribution >= 4 is 22.9 Å². The first kappa shape index (κ1) is 12.5. The molecule has 3 rings (SSSR count).